The molecule has 2 aromatic carbocycles. The second-order valence-electron chi connectivity index (χ2n) is 5.93. The molecule has 0 unspecified atom stereocenters. The van der Waals surface area contributed by atoms with E-state index in [2.05, 4.69) is 10.1 Å². The fourth-order valence-corrected chi connectivity index (χ4v) is 3.53. The quantitative estimate of drug-likeness (QED) is 0.396. The highest BCUT2D eigenvalue weighted by atomic mass is 32.1. The first kappa shape index (κ1) is 17.8. The van der Waals surface area contributed by atoms with Crippen molar-refractivity contribution in [2.24, 2.45) is 0 Å². The number of carbonyl (C=O) groups excluding carboxylic acids is 1. The number of ether oxygens (including phenoxy) is 1. The van der Waals surface area contributed by atoms with Gasteiger partial charge in [0, 0.05) is 6.92 Å². The van der Waals surface area contributed by atoms with Crippen molar-refractivity contribution in [3.63, 3.8) is 0 Å². The summed E-state index contributed by atoms with van der Waals surface area (Å²) in [5, 5.41) is 4.31. The van der Waals surface area contributed by atoms with Crippen LogP contribution in [0.4, 0.5) is 0 Å². The van der Waals surface area contributed by atoms with Crippen LogP contribution >= 0.6 is 11.3 Å². The molecule has 0 saturated heterocycles. The van der Waals surface area contributed by atoms with Crippen molar-refractivity contribution in [2.45, 2.75) is 6.92 Å². The lowest BCUT2D eigenvalue weighted by Crippen LogP contribution is -2.23. The number of aromatic nitrogens is 3. The van der Waals surface area contributed by atoms with Gasteiger partial charge < -0.3 is 4.74 Å². The first-order valence-electron chi connectivity index (χ1n) is 8.52. The Kier molecular flexibility index (Phi) is 4.82. The van der Waals surface area contributed by atoms with Crippen molar-refractivity contribution in [3.05, 3.63) is 81.1 Å². The lowest BCUT2D eigenvalue weighted by atomic mass is 10.2. The van der Waals surface area contributed by atoms with Crippen molar-refractivity contribution in [3.8, 4) is 17.1 Å². The van der Waals surface area contributed by atoms with E-state index in [4.69, 9.17) is 4.74 Å². The highest BCUT2D eigenvalue weighted by Gasteiger charge is 2.15. The van der Waals surface area contributed by atoms with Crippen LogP contribution in [0.1, 0.15) is 12.5 Å². The molecule has 0 aliphatic carbocycles. The SMILES string of the molecule is CC(=O)Oc1ccccc1-c1nc2s/c(=C\C=C\c3ccccc3)c(=O)n2n1. The van der Waals surface area contributed by atoms with Gasteiger partial charge in [-0.25, -0.2) is 0 Å². The number of esters is 1. The number of allylic oxidation sites excluding steroid dienone is 1. The molecule has 0 spiro atoms. The maximum atomic E-state index is 12.6. The summed E-state index contributed by atoms with van der Waals surface area (Å²) in [7, 11) is 0. The number of fused-ring (bicyclic) bond motifs is 1. The average molecular weight is 389 g/mol. The van der Waals surface area contributed by atoms with Crippen molar-refractivity contribution < 1.29 is 9.53 Å². The van der Waals surface area contributed by atoms with Gasteiger partial charge in [-0.2, -0.15) is 9.50 Å². The van der Waals surface area contributed by atoms with Gasteiger partial charge in [0.1, 0.15) is 5.75 Å². The molecule has 0 aliphatic heterocycles. The molecule has 0 aliphatic rings. The van der Waals surface area contributed by atoms with Gasteiger partial charge in [0.15, 0.2) is 5.82 Å². The number of benzene rings is 2. The second kappa shape index (κ2) is 7.58. The normalized spacial score (nSPS) is 12.1. The molecule has 138 valence electrons. The molecule has 4 rings (SSSR count). The Bertz CT molecular complexity index is 1290. The van der Waals surface area contributed by atoms with Crippen molar-refractivity contribution in [2.75, 3.05) is 0 Å². The molecule has 0 N–H and O–H groups in total. The zero-order valence-electron chi connectivity index (χ0n) is 14.9. The second-order valence-corrected chi connectivity index (χ2v) is 6.94. The Balaban J connectivity index is 1.70. The molecule has 28 heavy (non-hydrogen) atoms. The molecule has 7 heteroatoms. The lowest BCUT2D eigenvalue weighted by molar-refractivity contribution is -0.131. The van der Waals surface area contributed by atoms with E-state index in [9.17, 15) is 9.59 Å². The van der Waals surface area contributed by atoms with Crippen LogP contribution in [0, 0.1) is 0 Å². The summed E-state index contributed by atoms with van der Waals surface area (Å²) in [4.78, 5) is 28.8. The zero-order valence-corrected chi connectivity index (χ0v) is 15.7. The largest absolute Gasteiger partial charge is 0.426 e. The van der Waals surface area contributed by atoms with Gasteiger partial charge in [0.2, 0.25) is 4.96 Å². The monoisotopic (exact) mass is 389 g/mol. The number of para-hydroxylation sites is 1. The lowest BCUT2D eigenvalue weighted by Gasteiger charge is -2.04. The van der Waals surface area contributed by atoms with Crippen LogP contribution in [-0.2, 0) is 4.79 Å². The van der Waals surface area contributed by atoms with E-state index in [1.807, 2.05) is 42.5 Å². The van der Waals surface area contributed by atoms with Gasteiger partial charge in [-0.15, -0.1) is 5.10 Å². The number of carbonyl (C=O) groups is 1. The first-order valence-corrected chi connectivity index (χ1v) is 9.34. The number of nitrogens with zero attached hydrogens (tertiary/aromatic N) is 3. The molecule has 0 atom stereocenters. The number of rotatable bonds is 4. The number of hydrogen-bond acceptors (Lipinski definition) is 6. The van der Waals surface area contributed by atoms with Crippen LogP contribution in [0.3, 0.4) is 0 Å². The average Bonchev–Trinajstić information content (AvgIpc) is 3.22. The maximum Gasteiger partial charge on any atom is 0.308 e. The smallest absolute Gasteiger partial charge is 0.308 e. The van der Waals surface area contributed by atoms with Crippen LogP contribution in [0.15, 0.2) is 65.5 Å². The third kappa shape index (κ3) is 3.60. The highest BCUT2D eigenvalue weighted by molar-refractivity contribution is 7.15. The minimum Gasteiger partial charge on any atom is -0.426 e. The van der Waals surface area contributed by atoms with E-state index in [1.54, 1.807) is 30.3 Å². The van der Waals surface area contributed by atoms with Gasteiger partial charge in [0.05, 0.1) is 10.1 Å². The van der Waals surface area contributed by atoms with Gasteiger partial charge >= 0.3 is 5.97 Å². The first-order chi connectivity index (χ1) is 13.6. The summed E-state index contributed by atoms with van der Waals surface area (Å²) in [5.74, 6) is 0.268. The Morgan fingerprint density at radius 2 is 1.86 bits per heavy atom. The summed E-state index contributed by atoms with van der Waals surface area (Å²) >= 11 is 1.26. The Morgan fingerprint density at radius 3 is 2.61 bits per heavy atom. The van der Waals surface area contributed by atoms with Gasteiger partial charge in [-0.1, -0.05) is 66.0 Å². The third-order valence-corrected chi connectivity index (χ3v) is 4.88. The van der Waals surface area contributed by atoms with Crippen molar-refractivity contribution in [1.29, 1.82) is 0 Å². The number of thiazole rings is 1. The zero-order chi connectivity index (χ0) is 19.5. The molecule has 0 saturated carbocycles. The molecular formula is C21H15N3O3S. The van der Waals surface area contributed by atoms with E-state index in [0.29, 0.717) is 26.6 Å². The number of hydrogen-bond donors (Lipinski definition) is 0. The van der Waals surface area contributed by atoms with E-state index < -0.39 is 5.97 Å². The minimum absolute atomic E-state index is 0.235. The van der Waals surface area contributed by atoms with Gasteiger partial charge in [-0.3, -0.25) is 9.59 Å². The predicted octanol–water partition coefficient (Wildman–Crippen LogP) is 2.96. The van der Waals surface area contributed by atoms with E-state index in [-0.39, 0.29) is 5.56 Å². The minimum atomic E-state index is -0.430. The van der Waals surface area contributed by atoms with E-state index in [0.717, 1.165) is 5.56 Å². The summed E-state index contributed by atoms with van der Waals surface area (Å²) in [6.07, 6.45) is 5.51. The molecule has 2 heterocycles. The molecule has 4 aromatic rings. The van der Waals surface area contributed by atoms with Gasteiger partial charge in [-0.05, 0) is 23.8 Å². The Morgan fingerprint density at radius 1 is 1.11 bits per heavy atom. The van der Waals surface area contributed by atoms with Crippen LogP contribution in [0.2, 0.25) is 0 Å². The molecule has 2 aromatic heterocycles. The van der Waals surface area contributed by atoms with Gasteiger partial charge in [0.25, 0.3) is 5.56 Å². The standard InChI is InChI=1S/C21H15N3O3S/c1-14(25)27-17-12-6-5-11-16(17)19-22-21-24(23-19)20(26)18(28-21)13-7-10-15-8-3-2-4-9-15/h2-13H,1H3/b10-7+,18-13-. The maximum absolute atomic E-state index is 12.6. The fraction of sp³-hybridized carbons (Fsp3) is 0.0476. The summed E-state index contributed by atoms with van der Waals surface area (Å²) in [5.41, 5.74) is 1.37. The molecule has 0 amide bonds. The van der Waals surface area contributed by atoms with Crippen molar-refractivity contribution >= 4 is 34.4 Å². The molecule has 6 nitrogen and oxygen atoms in total. The fourth-order valence-electron chi connectivity index (χ4n) is 2.67. The van der Waals surface area contributed by atoms with Crippen molar-refractivity contribution in [1.82, 2.24) is 14.6 Å². The predicted molar refractivity (Wildman–Crippen MR) is 109 cm³/mol. The highest BCUT2D eigenvalue weighted by Crippen LogP contribution is 2.27. The molecule has 0 bridgehead atoms. The Labute approximate surface area is 164 Å². The van der Waals surface area contributed by atoms with Crippen LogP contribution in [0.5, 0.6) is 5.75 Å². The van der Waals surface area contributed by atoms with Crippen LogP contribution < -0.4 is 14.8 Å². The van der Waals surface area contributed by atoms with E-state index >= 15 is 0 Å². The topological polar surface area (TPSA) is 73.6 Å². The molecule has 0 fully saturated rings. The van der Waals surface area contributed by atoms with Crippen LogP contribution in [0.25, 0.3) is 28.5 Å². The summed E-state index contributed by atoms with van der Waals surface area (Å²) in [6, 6.07) is 16.8. The molecular weight excluding hydrogens is 374 g/mol. The van der Waals surface area contributed by atoms with E-state index in [1.165, 1.54) is 22.8 Å². The summed E-state index contributed by atoms with van der Waals surface area (Å²) < 4.78 is 7.02. The van der Waals surface area contributed by atoms with Crippen LogP contribution in [-0.4, -0.2) is 20.6 Å². The molecule has 0 radical (unpaired) electrons. The third-order valence-electron chi connectivity index (χ3n) is 3.90. The summed E-state index contributed by atoms with van der Waals surface area (Å²) in [6.45, 7) is 1.33. The Hall–Kier alpha value is -3.58.